The van der Waals surface area contributed by atoms with Crippen LogP contribution in [0.4, 0.5) is 0 Å². The van der Waals surface area contributed by atoms with Crippen molar-refractivity contribution in [1.82, 2.24) is 4.98 Å². The smallest absolute Gasteiger partial charge is 0.0906 e. The first-order valence-corrected chi connectivity index (χ1v) is 5.64. The van der Waals surface area contributed by atoms with Crippen LogP contribution in [-0.4, -0.2) is 4.98 Å². The van der Waals surface area contributed by atoms with Gasteiger partial charge in [-0.2, -0.15) is 0 Å². The van der Waals surface area contributed by atoms with Crippen LogP contribution in [0.15, 0.2) is 18.2 Å². The quantitative estimate of drug-likeness (QED) is 0.719. The molecule has 0 bridgehead atoms. The summed E-state index contributed by atoms with van der Waals surface area (Å²) >= 11 is 12.4. The Balaban J connectivity index is 2.91. The second-order valence-electron chi connectivity index (χ2n) is 3.49. The summed E-state index contributed by atoms with van der Waals surface area (Å²) in [6.45, 7) is 4.06. The molecule has 0 saturated heterocycles. The Morgan fingerprint density at radius 3 is 2.67 bits per heavy atom. The van der Waals surface area contributed by atoms with Crippen molar-refractivity contribution in [3.63, 3.8) is 0 Å². The lowest BCUT2D eigenvalue weighted by Gasteiger charge is -2.09. The number of hydrogen-bond acceptors (Lipinski definition) is 1. The highest BCUT2D eigenvalue weighted by Crippen LogP contribution is 2.31. The monoisotopic (exact) mass is 239 g/mol. The minimum absolute atomic E-state index is 0.657. The van der Waals surface area contributed by atoms with Crippen molar-refractivity contribution in [1.29, 1.82) is 0 Å². The first-order valence-electron chi connectivity index (χ1n) is 4.88. The van der Waals surface area contributed by atoms with Crippen LogP contribution in [0, 0.1) is 6.92 Å². The lowest BCUT2D eigenvalue weighted by atomic mass is 10.1. The molecule has 15 heavy (non-hydrogen) atoms. The lowest BCUT2D eigenvalue weighted by Crippen LogP contribution is -1.95. The molecule has 0 saturated carbocycles. The van der Waals surface area contributed by atoms with Gasteiger partial charge in [-0.3, -0.25) is 4.98 Å². The van der Waals surface area contributed by atoms with Crippen LogP contribution in [0.25, 0.3) is 10.9 Å². The third kappa shape index (κ3) is 1.70. The van der Waals surface area contributed by atoms with Crippen LogP contribution in [-0.2, 0) is 6.42 Å². The molecule has 0 atom stereocenters. The fourth-order valence-corrected chi connectivity index (χ4v) is 2.18. The zero-order chi connectivity index (χ0) is 11.0. The maximum atomic E-state index is 6.28. The zero-order valence-electron chi connectivity index (χ0n) is 8.64. The summed E-state index contributed by atoms with van der Waals surface area (Å²) in [7, 11) is 0. The predicted octanol–water partition coefficient (Wildman–Crippen LogP) is 4.41. The van der Waals surface area contributed by atoms with Gasteiger partial charge in [-0.25, -0.2) is 0 Å². The summed E-state index contributed by atoms with van der Waals surface area (Å²) in [5.74, 6) is 0. The number of benzene rings is 1. The van der Waals surface area contributed by atoms with Crippen molar-refractivity contribution in [2.75, 3.05) is 0 Å². The van der Waals surface area contributed by atoms with Gasteiger partial charge in [0.25, 0.3) is 0 Å². The molecule has 2 rings (SSSR count). The number of hydrogen-bond donors (Lipinski definition) is 0. The first kappa shape index (κ1) is 10.7. The summed E-state index contributed by atoms with van der Waals surface area (Å²) in [5.41, 5.74) is 2.86. The van der Waals surface area contributed by atoms with Crippen LogP contribution in [0.3, 0.4) is 0 Å². The van der Waals surface area contributed by atoms with E-state index in [0.717, 1.165) is 33.6 Å². The van der Waals surface area contributed by atoms with E-state index in [1.165, 1.54) is 0 Å². The van der Waals surface area contributed by atoms with Crippen LogP contribution < -0.4 is 0 Å². The maximum absolute atomic E-state index is 6.28. The molecule has 0 radical (unpaired) electrons. The third-order valence-corrected chi connectivity index (χ3v) is 3.36. The van der Waals surface area contributed by atoms with Gasteiger partial charge in [0.1, 0.15) is 0 Å². The molecule has 0 aliphatic rings. The van der Waals surface area contributed by atoms with Gasteiger partial charge in [0.05, 0.1) is 15.6 Å². The molecule has 2 aromatic rings. The normalized spacial score (nSPS) is 10.9. The highest BCUT2D eigenvalue weighted by atomic mass is 35.5. The molecule has 0 fully saturated rings. The minimum atomic E-state index is 0.657. The van der Waals surface area contributed by atoms with Crippen molar-refractivity contribution in [2.24, 2.45) is 0 Å². The number of halogens is 2. The Labute approximate surface area is 99.0 Å². The molecule has 0 unspecified atom stereocenters. The molecule has 0 N–H and O–H groups in total. The molecular formula is C12H11Cl2N. The topological polar surface area (TPSA) is 12.9 Å². The van der Waals surface area contributed by atoms with E-state index in [4.69, 9.17) is 23.2 Å². The summed E-state index contributed by atoms with van der Waals surface area (Å²) in [6, 6.07) is 5.67. The van der Waals surface area contributed by atoms with Crippen LogP contribution in [0.5, 0.6) is 0 Å². The fraction of sp³-hybridized carbons (Fsp3) is 0.250. The Bertz CT molecular complexity index is 521. The summed E-state index contributed by atoms with van der Waals surface area (Å²) in [5, 5.41) is 2.35. The van der Waals surface area contributed by atoms with E-state index in [-0.39, 0.29) is 0 Å². The second-order valence-corrected chi connectivity index (χ2v) is 4.27. The van der Waals surface area contributed by atoms with Crippen molar-refractivity contribution < 1.29 is 0 Å². The van der Waals surface area contributed by atoms with Gasteiger partial charge in [0.15, 0.2) is 0 Å². The number of aromatic nitrogens is 1. The minimum Gasteiger partial charge on any atom is -0.251 e. The van der Waals surface area contributed by atoms with Gasteiger partial charge in [-0.05, 0) is 25.0 Å². The number of pyridine rings is 1. The molecule has 78 valence electrons. The third-order valence-electron chi connectivity index (χ3n) is 2.57. The average molecular weight is 240 g/mol. The van der Waals surface area contributed by atoms with Crippen LogP contribution in [0.2, 0.25) is 10.0 Å². The molecule has 1 aromatic heterocycles. The Morgan fingerprint density at radius 1 is 1.27 bits per heavy atom. The molecule has 0 spiro atoms. The largest absolute Gasteiger partial charge is 0.251 e. The van der Waals surface area contributed by atoms with E-state index >= 15 is 0 Å². The zero-order valence-corrected chi connectivity index (χ0v) is 10.2. The van der Waals surface area contributed by atoms with E-state index < -0.39 is 0 Å². The molecule has 0 amide bonds. The van der Waals surface area contributed by atoms with Crippen LogP contribution >= 0.6 is 23.2 Å². The molecule has 0 aliphatic heterocycles. The van der Waals surface area contributed by atoms with Gasteiger partial charge >= 0.3 is 0 Å². The maximum Gasteiger partial charge on any atom is 0.0906 e. The highest BCUT2D eigenvalue weighted by molar-refractivity contribution is 6.39. The summed E-state index contributed by atoms with van der Waals surface area (Å²) < 4.78 is 0. The predicted molar refractivity (Wildman–Crippen MR) is 65.9 cm³/mol. The number of aryl methyl sites for hydroxylation is 1. The number of nitrogens with zero attached hydrogens (tertiary/aromatic N) is 1. The van der Waals surface area contributed by atoms with Crippen molar-refractivity contribution in [3.05, 3.63) is 39.5 Å². The van der Waals surface area contributed by atoms with E-state index in [1.807, 2.05) is 25.1 Å². The lowest BCUT2D eigenvalue weighted by molar-refractivity contribution is 1.03. The first-order chi connectivity index (χ1) is 7.15. The van der Waals surface area contributed by atoms with E-state index in [0.29, 0.717) is 5.02 Å². The molecule has 3 heteroatoms. The summed E-state index contributed by atoms with van der Waals surface area (Å²) in [6.07, 6.45) is 0.868. The molecule has 0 aliphatic carbocycles. The van der Waals surface area contributed by atoms with E-state index in [9.17, 15) is 0 Å². The van der Waals surface area contributed by atoms with Crippen LogP contribution in [0.1, 0.15) is 18.2 Å². The number of fused-ring (bicyclic) bond motifs is 1. The van der Waals surface area contributed by atoms with Gasteiger partial charge in [-0.15, -0.1) is 0 Å². The molecular weight excluding hydrogens is 229 g/mol. The fourth-order valence-electron chi connectivity index (χ4n) is 1.70. The standard InChI is InChI=1S/C12H11Cl2N/c1-3-10-7(2)11(14)8-5-4-6-9(13)12(8)15-10/h4-6H,3H2,1-2H3. The highest BCUT2D eigenvalue weighted by Gasteiger charge is 2.10. The van der Waals surface area contributed by atoms with Gasteiger partial charge in [0.2, 0.25) is 0 Å². The van der Waals surface area contributed by atoms with E-state index in [2.05, 4.69) is 11.9 Å². The Morgan fingerprint density at radius 2 is 2.00 bits per heavy atom. The number of rotatable bonds is 1. The van der Waals surface area contributed by atoms with Crippen molar-refractivity contribution in [3.8, 4) is 0 Å². The van der Waals surface area contributed by atoms with Gasteiger partial charge in [-0.1, -0.05) is 42.3 Å². The molecule has 1 heterocycles. The SMILES string of the molecule is CCc1nc2c(Cl)cccc2c(Cl)c1C. The second kappa shape index (κ2) is 3.99. The molecule has 1 nitrogen and oxygen atoms in total. The Kier molecular flexibility index (Phi) is 2.85. The van der Waals surface area contributed by atoms with Gasteiger partial charge in [0, 0.05) is 11.1 Å². The van der Waals surface area contributed by atoms with Crippen molar-refractivity contribution >= 4 is 34.1 Å². The molecule has 1 aromatic carbocycles. The van der Waals surface area contributed by atoms with Gasteiger partial charge < -0.3 is 0 Å². The number of para-hydroxylation sites is 1. The van der Waals surface area contributed by atoms with E-state index in [1.54, 1.807) is 0 Å². The average Bonchev–Trinajstić information content (AvgIpc) is 2.24. The summed E-state index contributed by atoms with van der Waals surface area (Å²) in [4.78, 5) is 4.54. The Hall–Kier alpha value is -0.790. The van der Waals surface area contributed by atoms with Crippen molar-refractivity contribution in [2.45, 2.75) is 20.3 Å².